The second-order valence-electron chi connectivity index (χ2n) is 4.10. The van der Waals surface area contributed by atoms with E-state index in [0.717, 1.165) is 28.7 Å². The second kappa shape index (κ2) is 6.50. The van der Waals surface area contributed by atoms with Gasteiger partial charge < -0.3 is 11.1 Å². The Balaban J connectivity index is 2.15. The number of thiocarbonyl (C=S) groups is 1. The van der Waals surface area contributed by atoms with Crippen LogP contribution in [-0.2, 0) is 13.0 Å². The number of halogens is 1. The predicted octanol–water partition coefficient (Wildman–Crippen LogP) is 4.32. The minimum atomic E-state index is 0.399. The molecule has 0 saturated carbocycles. The van der Waals surface area contributed by atoms with E-state index in [1.54, 1.807) is 0 Å². The lowest BCUT2D eigenvalue weighted by molar-refractivity contribution is 1.19. The molecule has 3 N–H and O–H groups in total. The van der Waals surface area contributed by atoms with Gasteiger partial charge in [-0.2, -0.15) is 0 Å². The van der Waals surface area contributed by atoms with Gasteiger partial charge in [0.15, 0.2) is 0 Å². The topological polar surface area (TPSA) is 38.0 Å². The molecule has 0 fully saturated rings. The van der Waals surface area contributed by atoms with Gasteiger partial charge in [0.1, 0.15) is 4.99 Å². The largest absolute Gasteiger partial charge is 0.389 e. The molecule has 0 aliphatic heterocycles. The van der Waals surface area contributed by atoms with E-state index in [1.807, 2.05) is 29.5 Å². The van der Waals surface area contributed by atoms with Crippen molar-refractivity contribution < 1.29 is 0 Å². The number of thiophene rings is 1. The van der Waals surface area contributed by atoms with Gasteiger partial charge in [0.25, 0.3) is 0 Å². The molecule has 0 radical (unpaired) electrons. The highest BCUT2D eigenvalue weighted by atomic mass is 79.9. The molecule has 2 nitrogen and oxygen atoms in total. The summed E-state index contributed by atoms with van der Waals surface area (Å²) in [6.45, 7) is 2.96. The predicted molar refractivity (Wildman–Crippen MR) is 91.1 cm³/mol. The van der Waals surface area contributed by atoms with Gasteiger partial charge in [-0.25, -0.2) is 0 Å². The van der Waals surface area contributed by atoms with Gasteiger partial charge in [0.05, 0.1) is 0 Å². The Morgan fingerprint density at radius 1 is 1.32 bits per heavy atom. The Bertz CT molecular complexity index is 593. The van der Waals surface area contributed by atoms with E-state index in [0.29, 0.717) is 4.99 Å². The molecule has 100 valence electrons. The van der Waals surface area contributed by atoms with Gasteiger partial charge in [-0.3, -0.25) is 0 Å². The lowest BCUT2D eigenvalue weighted by Gasteiger charge is -2.12. The van der Waals surface area contributed by atoms with Gasteiger partial charge in [-0.05, 0) is 46.6 Å². The van der Waals surface area contributed by atoms with Crippen LogP contribution in [0.2, 0.25) is 0 Å². The zero-order valence-corrected chi connectivity index (χ0v) is 13.8. The average Bonchev–Trinajstić information content (AvgIpc) is 2.83. The number of nitrogens with one attached hydrogen (secondary N) is 1. The van der Waals surface area contributed by atoms with Crippen LogP contribution >= 0.6 is 39.5 Å². The van der Waals surface area contributed by atoms with Crippen LogP contribution in [0.5, 0.6) is 0 Å². The van der Waals surface area contributed by atoms with E-state index in [9.17, 15) is 0 Å². The molecule has 1 aromatic heterocycles. The third-order valence-electron chi connectivity index (χ3n) is 2.78. The Kier molecular flexibility index (Phi) is 4.96. The van der Waals surface area contributed by atoms with Crippen LogP contribution in [0.1, 0.15) is 22.2 Å². The lowest BCUT2D eigenvalue weighted by atomic mass is 10.2. The van der Waals surface area contributed by atoms with Crippen molar-refractivity contribution in [1.29, 1.82) is 0 Å². The molecule has 0 aliphatic rings. The fourth-order valence-corrected chi connectivity index (χ4v) is 3.64. The molecule has 2 rings (SSSR count). The average molecular weight is 355 g/mol. The molecule has 0 spiro atoms. The number of hydrogen-bond acceptors (Lipinski definition) is 3. The minimum absolute atomic E-state index is 0.399. The SMILES string of the molecule is CCc1ccc(CNc2cccc(Br)c2C(N)=S)s1. The van der Waals surface area contributed by atoms with E-state index in [-0.39, 0.29) is 0 Å². The van der Waals surface area contributed by atoms with Crippen molar-refractivity contribution >= 4 is 50.2 Å². The Morgan fingerprint density at radius 2 is 2.05 bits per heavy atom. The normalized spacial score (nSPS) is 10.4. The number of rotatable bonds is 5. The molecule has 5 heteroatoms. The highest BCUT2D eigenvalue weighted by Gasteiger charge is 2.09. The maximum atomic E-state index is 5.77. The molecule has 0 atom stereocenters. The first-order chi connectivity index (χ1) is 9.11. The fourth-order valence-electron chi connectivity index (χ4n) is 1.81. The van der Waals surface area contributed by atoms with Crippen LogP contribution in [-0.4, -0.2) is 4.99 Å². The Labute approximate surface area is 131 Å². The second-order valence-corrected chi connectivity index (χ2v) is 6.65. The molecule has 1 aromatic carbocycles. The quantitative estimate of drug-likeness (QED) is 0.785. The van der Waals surface area contributed by atoms with Crippen molar-refractivity contribution in [3.63, 3.8) is 0 Å². The van der Waals surface area contributed by atoms with Crippen molar-refractivity contribution in [1.82, 2.24) is 0 Å². The fraction of sp³-hybridized carbons (Fsp3) is 0.214. The molecule has 0 aliphatic carbocycles. The van der Waals surface area contributed by atoms with E-state index in [2.05, 4.69) is 40.3 Å². The monoisotopic (exact) mass is 354 g/mol. The summed E-state index contributed by atoms with van der Waals surface area (Å²) in [5.41, 5.74) is 7.61. The Hall–Kier alpha value is -0.910. The number of anilines is 1. The van der Waals surface area contributed by atoms with Crippen LogP contribution in [0.25, 0.3) is 0 Å². The third kappa shape index (κ3) is 3.55. The summed E-state index contributed by atoms with van der Waals surface area (Å²) in [6.07, 6.45) is 1.08. The zero-order chi connectivity index (χ0) is 13.8. The summed E-state index contributed by atoms with van der Waals surface area (Å²) in [6, 6.07) is 10.2. The highest BCUT2D eigenvalue weighted by molar-refractivity contribution is 9.10. The van der Waals surface area contributed by atoms with Crippen LogP contribution in [0, 0.1) is 0 Å². The van der Waals surface area contributed by atoms with Gasteiger partial charge in [0, 0.05) is 32.0 Å². The molecule has 1 heterocycles. The molecule has 0 saturated heterocycles. The summed E-state index contributed by atoms with van der Waals surface area (Å²) in [5.74, 6) is 0. The van der Waals surface area contributed by atoms with E-state index >= 15 is 0 Å². The molecule has 19 heavy (non-hydrogen) atoms. The first-order valence-corrected chi connectivity index (χ1v) is 8.03. The third-order valence-corrected chi connectivity index (χ3v) is 4.87. The molecule has 0 bridgehead atoms. The standard InChI is InChI=1S/C14H15BrN2S2/c1-2-9-6-7-10(19-9)8-17-12-5-3-4-11(15)13(12)14(16)18/h3-7,17H,2,8H2,1H3,(H2,16,18). The van der Waals surface area contributed by atoms with Gasteiger partial charge in [-0.1, -0.05) is 25.2 Å². The molecule has 2 aromatic rings. The van der Waals surface area contributed by atoms with Gasteiger partial charge in [0.2, 0.25) is 0 Å². The first kappa shape index (κ1) is 14.5. The summed E-state index contributed by atoms with van der Waals surface area (Å²) in [7, 11) is 0. The molecule has 0 amide bonds. The van der Waals surface area contributed by atoms with Crippen LogP contribution < -0.4 is 11.1 Å². The molecular weight excluding hydrogens is 340 g/mol. The zero-order valence-electron chi connectivity index (χ0n) is 10.6. The minimum Gasteiger partial charge on any atom is -0.389 e. The maximum absolute atomic E-state index is 5.77. The number of hydrogen-bond donors (Lipinski definition) is 2. The molecule has 0 unspecified atom stereocenters. The summed E-state index contributed by atoms with van der Waals surface area (Å²) in [4.78, 5) is 3.11. The maximum Gasteiger partial charge on any atom is 0.107 e. The number of nitrogens with two attached hydrogens (primary N) is 1. The number of benzene rings is 1. The van der Waals surface area contributed by atoms with Crippen molar-refractivity contribution in [3.05, 3.63) is 50.1 Å². The smallest absolute Gasteiger partial charge is 0.107 e. The summed E-state index contributed by atoms with van der Waals surface area (Å²) in [5, 5.41) is 3.40. The lowest BCUT2D eigenvalue weighted by Crippen LogP contribution is -2.13. The summed E-state index contributed by atoms with van der Waals surface area (Å²) < 4.78 is 0.922. The Morgan fingerprint density at radius 3 is 2.68 bits per heavy atom. The highest BCUT2D eigenvalue weighted by Crippen LogP contribution is 2.26. The van der Waals surface area contributed by atoms with Crippen molar-refractivity contribution in [2.24, 2.45) is 5.73 Å². The van der Waals surface area contributed by atoms with E-state index in [4.69, 9.17) is 18.0 Å². The first-order valence-electron chi connectivity index (χ1n) is 6.01. The van der Waals surface area contributed by atoms with Gasteiger partial charge in [-0.15, -0.1) is 11.3 Å². The van der Waals surface area contributed by atoms with E-state index in [1.165, 1.54) is 9.75 Å². The van der Waals surface area contributed by atoms with Gasteiger partial charge >= 0.3 is 0 Å². The van der Waals surface area contributed by atoms with Crippen LogP contribution in [0.3, 0.4) is 0 Å². The summed E-state index contributed by atoms with van der Waals surface area (Å²) >= 11 is 10.4. The number of aryl methyl sites for hydroxylation is 1. The van der Waals surface area contributed by atoms with Crippen LogP contribution in [0.15, 0.2) is 34.8 Å². The van der Waals surface area contributed by atoms with E-state index < -0.39 is 0 Å². The molecular formula is C14H15BrN2S2. The van der Waals surface area contributed by atoms with Crippen LogP contribution in [0.4, 0.5) is 5.69 Å². The van der Waals surface area contributed by atoms with Crippen molar-refractivity contribution in [2.75, 3.05) is 5.32 Å². The van der Waals surface area contributed by atoms with Crippen molar-refractivity contribution in [2.45, 2.75) is 19.9 Å². The van der Waals surface area contributed by atoms with Crippen molar-refractivity contribution in [3.8, 4) is 0 Å².